The molecule has 2 heteroatoms. The summed E-state index contributed by atoms with van der Waals surface area (Å²) in [6.07, 6.45) is 13.9. The van der Waals surface area contributed by atoms with Gasteiger partial charge >= 0.3 is 0 Å². The molecular weight excluding hydrogens is 230 g/mol. The maximum atomic E-state index is 6.00. The lowest BCUT2D eigenvalue weighted by molar-refractivity contribution is 0.488. The zero-order valence-electron chi connectivity index (χ0n) is 11.0. The van der Waals surface area contributed by atoms with E-state index in [0.717, 1.165) is 30.8 Å². The molecule has 1 rings (SSSR count). The van der Waals surface area contributed by atoms with E-state index in [9.17, 15) is 0 Å². The van der Waals surface area contributed by atoms with Gasteiger partial charge in [0.2, 0.25) is 0 Å². The summed E-state index contributed by atoms with van der Waals surface area (Å²) in [7, 11) is 2.10. The maximum Gasteiger partial charge on any atom is 0.0383 e. The van der Waals surface area contributed by atoms with Crippen LogP contribution in [0.1, 0.15) is 33.1 Å². The summed E-state index contributed by atoms with van der Waals surface area (Å²) in [5, 5.41) is 0.880. The largest absolute Gasteiger partial charge is 0.376 e. The van der Waals surface area contributed by atoms with Gasteiger partial charge in [-0.3, -0.25) is 0 Å². The second-order valence-corrected chi connectivity index (χ2v) is 4.99. The third-order valence-electron chi connectivity index (χ3n) is 2.88. The van der Waals surface area contributed by atoms with Gasteiger partial charge in [0.15, 0.2) is 0 Å². The van der Waals surface area contributed by atoms with E-state index in [2.05, 4.69) is 56.3 Å². The van der Waals surface area contributed by atoms with Gasteiger partial charge in [-0.05, 0) is 50.1 Å². The fraction of sp³-hybridized carbons (Fsp3) is 0.467. The molecule has 0 spiro atoms. The summed E-state index contributed by atoms with van der Waals surface area (Å²) in [5.74, 6) is 0. The van der Waals surface area contributed by atoms with Crippen LogP contribution in [0.4, 0.5) is 0 Å². The third-order valence-corrected chi connectivity index (χ3v) is 3.14. The molecule has 0 bridgehead atoms. The molecule has 0 aliphatic heterocycles. The molecule has 0 heterocycles. The molecule has 0 aromatic carbocycles. The van der Waals surface area contributed by atoms with Crippen molar-refractivity contribution >= 4 is 11.6 Å². The van der Waals surface area contributed by atoms with Crippen molar-refractivity contribution in [1.82, 2.24) is 4.90 Å². The van der Waals surface area contributed by atoms with E-state index in [0.29, 0.717) is 0 Å². The summed E-state index contributed by atoms with van der Waals surface area (Å²) in [6.45, 7) is 5.28. The van der Waals surface area contributed by atoms with Crippen molar-refractivity contribution in [3.05, 3.63) is 46.7 Å². The van der Waals surface area contributed by atoms with E-state index in [1.165, 1.54) is 11.1 Å². The van der Waals surface area contributed by atoms with Crippen LogP contribution in [0.2, 0.25) is 0 Å². The topological polar surface area (TPSA) is 3.24 Å². The summed E-state index contributed by atoms with van der Waals surface area (Å²) in [4.78, 5) is 2.20. The van der Waals surface area contributed by atoms with Crippen LogP contribution < -0.4 is 0 Å². The average molecular weight is 252 g/mol. The lowest BCUT2D eigenvalue weighted by Crippen LogP contribution is -2.15. The van der Waals surface area contributed by atoms with Crippen LogP contribution in [0.3, 0.4) is 0 Å². The van der Waals surface area contributed by atoms with E-state index >= 15 is 0 Å². The van der Waals surface area contributed by atoms with Crippen LogP contribution in [0.25, 0.3) is 0 Å². The van der Waals surface area contributed by atoms with Crippen LogP contribution in [0.15, 0.2) is 46.7 Å². The zero-order chi connectivity index (χ0) is 12.7. The van der Waals surface area contributed by atoms with Gasteiger partial charge in [0, 0.05) is 18.6 Å². The van der Waals surface area contributed by atoms with Gasteiger partial charge in [0.05, 0.1) is 0 Å². The summed E-state index contributed by atoms with van der Waals surface area (Å²) in [6, 6.07) is 0. The summed E-state index contributed by atoms with van der Waals surface area (Å²) in [5.41, 5.74) is 2.80. The molecule has 0 fully saturated rings. The normalized spacial score (nSPS) is 17.1. The number of nitrogens with zero attached hydrogens (tertiary/aromatic N) is 1. The zero-order valence-corrected chi connectivity index (χ0v) is 11.8. The molecule has 0 aromatic heterocycles. The highest BCUT2D eigenvalue weighted by molar-refractivity contribution is 6.31. The smallest absolute Gasteiger partial charge is 0.0383 e. The molecular formula is C15H22ClN. The molecule has 0 N–H and O–H groups in total. The first-order valence-corrected chi connectivity index (χ1v) is 6.59. The molecule has 1 aliphatic carbocycles. The molecule has 0 saturated heterocycles. The van der Waals surface area contributed by atoms with Gasteiger partial charge in [0.1, 0.15) is 0 Å². The van der Waals surface area contributed by atoms with E-state index in [1.54, 1.807) is 0 Å². The standard InChI is InChI=1S/C15H22ClN/c1-4-13(2)7-6-10-17(3)12-14-8-5-9-15(16)11-14/h6-7,9-11H,4-5,8,12H2,1-3H3/b10-6-,13-7-. The second-order valence-electron chi connectivity index (χ2n) is 4.55. The van der Waals surface area contributed by atoms with Gasteiger partial charge in [-0.1, -0.05) is 36.2 Å². The Balaban J connectivity index is 2.44. The van der Waals surface area contributed by atoms with Crippen LogP contribution in [-0.4, -0.2) is 18.5 Å². The molecule has 0 radical (unpaired) electrons. The Kier molecular flexibility index (Phi) is 6.13. The molecule has 0 saturated carbocycles. The molecule has 0 aromatic rings. The van der Waals surface area contributed by atoms with Crippen molar-refractivity contribution in [1.29, 1.82) is 0 Å². The van der Waals surface area contributed by atoms with Gasteiger partial charge in [-0.2, -0.15) is 0 Å². The van der Waals surface area contributed by atoms with Gasteiger partial charge in [-0.25, -0.2) is 0 Å². The predicted octanol–water partition coefficient (Wildman–Crippen LogP) is 4.63. The van der Waals surface area contributed by atoms with Gasteiger partial charge in [-0.15, -0.1) is 0 Å². The molecule has 0 atom stereocenters. The molecule has 0 amide bonds. The fourth-order valence-electron chi connectivity index (χ4n) is 1.69. The van der Waals surface area contributed by atoms with Crippen molar-refractivity contribution in [3.8, 4) is 0 Å². The van der Waals surface area contributed by atoms with Crippen molar-refractivity contribution in [2.45, 2.75) is 33.1 Å². The van der Waals surface area contributed by atoms with Crippen molar-refractivity contribution in [3.63, 3.8) is 0 Å². The van der Waals surface area contributed by atoms with Crippen LogP contribution in [0.5, 0.6) is 0 Å². The van der Waals surface area contributed by atoms with Crippen LogP contribution in [-0.2, 0) is 0 Å². The minimum absolute atomic E-state index is 0.880. The van der Waals surface area contributed by atoms with Crippen molar-refractivity contribution in [2.24, 2.45) is 0 Å². The highest BCUT2D eigenvalue weighted by atomic mass is 35.5. The first-order valence-electron chi connectivity index (χ1n) is 6.21. The maximum absolute atomic E-state index is 6.00. The highest BCUT2D eigenvalue weighted by Gasteiger charge is 2.04. The van der Waals surface area contributed by atoms with Crippen molar-refractivity contribution in [2.75, 3.05) is 13.6 Å². The molecule has 17 heavy (non-hydrogen) atoms. The number of rotatable bonds is 5. The Morgan fingerprint density at radius 2 is 2.29 bits per heavy atom. The second kappa shape index (κ2) is 7.39. The number of allylic oxidation sites excluding steroid dienone is 6. The quantitative estimate of drug-likeness (QED) is 0.644. The SMILES string of the molecule is CC/C(C)=C\C=C/N(C)CC1=CC(Cl)=CCC1. The molecule has 1 nitrogen and oxygen atoms in total. The number of likely N-dealkylation sites (N-methyl/N-ethyl adjacent to an activating group) is 1. The predicted molar refractivity (Wildman–Crippen MR) is 77.1 cm³/mol. The Morgan fingerprint density at radius 1 is 1.53 bits per heavy atom. The molecule has 0 unspecified atom stereocenters. The lowest BCUT2D eigenvalue weighted by Gasteiger charge is -2.18. The molecule has 1 aliphatic rings. The first kappa shape index (κ1) is 14.1. The van der Waals surface area contributed by atoms with Crippen LogP contribution in [0, 0.1) is 0 Å². The minimum Gasteiger partial charge on any atom is -0.376 e. The average Bonchev–Trinajstić information content (AvgIpc) is 2.28. The van der Waals surface area contributed by atoms with E-state index in [-0.39, 0.29) is 0 Å². The molecule has 94 valence electrons. The first-order chi connectivity index (χ1) is 8.11. The lowest BCUT2D eigenvalue weighted by atomic mass is 10.0. The summed E-state index contributed by atoms with van der Waals surface area (Å²) >= 11 is 6.00. The van der Waals surface area contributed by atoms with E-state index in [4.69, 9.17) is 11.6 Å². The monoisotopic (exact) mass is 251 g/mol. The van der Waals surface area contributed by atoms with E-state index < -0.39 is 0 Å². The Hall–Kier alpha value is -0.950. The number of hydrogen-bond donors (Lipinski definition) is 0. The Labute approximate surface area is 110 Å². The fourth-order valence-corrected chi connectivity index (χ4v) is 1.95. The third kappa shape index (κ3) is 5.78. The van der Waals surface area contributed by atoms with Gasteiger partial charge < -0.3 is 4.90 Å². The summed E-state index contributed by atoms with van der Waals surface area (Å²) < 4.78 is 0. The number of hydrogen-bond acceptors (Lipinski definition) is 1. The Bertz CT molecular complexity index is 361. The Morgan fingerprint density at radius 3 is 2.94 bits per heavy atom. The number of halogens is 1. The van der Waals surface area contributed by atoms with Crippen LogP contribution >= 0.6 is 11.6 Å². The minimum atomic E-state index is 0.880. The van der Waals surface area contributed by atoms with Crippen molar-refractivity contribution < 1.29 is 0 Å². The van der Waals surface area contributed by atoms with Gasteiger partial charge in [0.25, 0.3) is 0 Å². The highest BCUT2D eigenvalue weighted by Crippen LogP contribution is 2.20. The van der Waals surface area contributed by atoms with E-state index in [1.807, 2.05) is 0 Å².